The number of ether oxygens (including phenoxy) is 1. The maximum Gasteiger partial charge on any atom is 0.337 e. The second-order valence-corrected chi connectivity index (χ2v) is 6.69. The van der Waals surface area contributed by atoms with Crippen LogP contribution in [0.2, 0.25) is 0 Å². The Labute approximate surface area is 167 Å². The molecule has 29 heavy (non-hydrogen) atoms. The molecule has 1 heterocycles. The number of halogens is 1. The van der Waals surface area contributed by atoms with Gasteiger partial charge in [0.2, 0.25) is 0 Å². The van der Waals surface area contributed by atoms with Crippen molar-refractivity contribution in [2.45, 2.75) is 6.54 Å². The van der Waals surface area contributed by atoms with E-state index in [4.69, 9.17) is 4.74 Å². The standard InChI is InChI=1S/C24H19FN2O2/c1-29-24(28)19-6-8-22(9-7-19)26-15-17-5-10-23-20(13-17)11-12-27(23)16-18-3-2-4-21(25)14-18/h2-15H,16H2,1H3. The van der Waals surface area contributed by atoms with E-state index < -0.39 is 0 Å². The minimum Gasteiger partial charge on any atom is -0.465 e. The Kier molecular flexibility index (Phi) is 5.20. The molecule has 144 valence electrons. The van der Waals surface area contributed by atoms with Crippen LogP contribution in [0.15, 0.2) is 84.0 Å². The van der Waals surface area contributed by atoms with Crippen molar-refractivity contribution in [3.8, 4) is 0 Å². The van der Waals surface area contributed by atoms with Gasteiger partial charge < -0.3 is 9.30 Å². The largest absolute Gasteiger partial charge is 0.465 e. The first-order valence-electron chi connectivity index (χ1n) is 9.18. The zero-order valence-corrected chi connectivity index (χ0v) is 15.9. The molecule has 4 nitrogen and oxygen atoms in total. The second-order valence-electron chi connectivity index (χ2n) is 6.69. The quantitative estimate of drug-likeness (QED) is 0.342. The van der Waals surface area contributed by atoms with Gasteiger partial charge in [0.1, 0.15) is 5.82 Å². The van der Waals surface area contributed by atoms with Crippen LogP contribution in [0.3, 0.4) is 0 Å². The molecule has 0 unspecified atom stereocenters. The van der Waals surface area contributed by atoms with Crippen molar-refractivity contribution in [1.29, 1.82) is 0 Å². The van der Waals surface area contributed by atoms with Crippen LogP contribution in [0.25, 0.3) is 10.9 Å². The van der Waals surface area contributed by atoms with Crippen LogP contribution in [0.4, 0.5) is 10.1 Å². The van der Waals surface area contributed by atoms with Crippen LogP contribution >= 0.6 is 0 Å². The van der Waals surface area contributed by atoms with E-state index in [1.807, 2.05) is 30.5 Å². The first kappa shape index (κ1) is 18.6. The molecule has 0 radical (unpaired) electrons. The topological polar surface area (TPSA) is 43.6 Å². The van der Waals surface area contributed by atoms with E-state index in [1.54, 1.807) is 42.6 Å². The minimum atomic E-state index is -0.367. The highest BCUT2D eigenvalue weighted by molar-refractivity contribution is 5.91. The third-order valence-corrected chi connectivity index (χ3v) is 4.69. The highest BCUT2D eigenvalue weighted by Gasteiger charge is 2.05. The minimum absolute atomic E-state index is 0.225. The van der Waals surface area contributed by atoms with Gasteiger partial charge in [-0.15, -0.1) is 0 Å². The van der Waals surface area contributed by atoms with Crippen LogP contribution in [-0.2, 0) is 11.3 Å². The third kappa shape index (κ3) is 4.24. The number of aliphatic imine (C=N–C) groups is 1. The fraction of sp³-hybridized carbons (Fsp3) is 0.0833. The van der Waals surface area contributed by atoms with Crippen LogP contribution in [0.5, 0.6) is 0 Å². The Hall–Kier alpha value is -3.73. The van der Waals surface area contributed by atoms with E-state index in [-0.39, 0.29) is 11.8 Å². The zero-order chi connectivity index (χ0) is 20.2. The average Bonchev–Trinajstić information content (AvgIpc) is 3.14. The Morgan fingerprint density at radius 1 is 1.07 bits per heavy atom. The molecule has 4 aromatic rings. The molecule has 0 bridgehead atoms. The van der Waals surface area contributed by atoms with Crippen molar-refractivity contribution in [2.75, 3.05) is 7.11 Å². The Morgan fingerprint density at radius 3 is 2.66 bits per heavy atom. The average molecular weight is 386 g/mol. The van der Waals surface area contributed by atoms with E-state index in [0.717, 1.165) is 27.7 Å². The molecule has 0 N–H and O–H groups in total. The highest BCUT2D eigenvalue weighted by atomic mass is 19.1. The lowest BCUT2D eigenvalue weighted by atomic mass is 10.1. The van der Waals surface area contributed by atoms with Crippen LogP contribution in [-0.4, -0.2) is 23.9 Å². The summed E-state index contributed by atoms with van der Waals surface area (Å²) in [4.78, 5) is 15.9. The number of rotatable bonds is 5. The number of fused-ring (bicyclic) bond motifs is 1. The normalized spacial score (nSPS) is 11.2. The van der Waals surface area contributed by atoms with E-state index in [1.165, 1.54) is 13.2 Å². The molecule has 0 aliphatic heterocycles. The number of aromatic nitrogens is 1. The predicted octanol–water partition coefficient (Wildman–Crippen LogP) is 5.37. The van der Waals surface area contributed by atoms with Gasteiger partial charge in [-0.05, 0) is 65.7 Å². The molecule has 0 spiro atoms. The van der Waals surface area contributed by atoms with E-state index >= 15 is 0 Å². The fourth-order valence-electron chi connectivity index (χ4n) is 3.22. The first-order valence-corrected chi connectivity index (χ1v) is 9.18. The molecule has 1 aromatic heterocycles. The van der Waals surface area contributed by atoms with Crippen LogP contribution in [0.1, 0.15) is 21.5 Å². The third-order valence-electron chi connectivity index (χ3n) is 4.69. The van der Waals surface area contributed by atoms with Crippen LogP contribution in [0, 0.1) is 5.82 Å². The molecule has 0 atom stereocenters. The maximum atomic E-state index is 13.4. The molecule has 0 amide bonds. The van der Waals surface area contributed by atoms with Crippen molar-refractivity contribution < 1.29 is 13.9 Å². The highest BCUT2D eigenvalue weighted by Crippen LogP contribution is 2.20. The number of carbonyl (C=O) groups is 1. The summed E-state index contributed by atoms with van der Waals surface area (Å²) in [6.45, 7) is 0.612. The molecule has 0 saturated heterocycles. The molecular formula is C24H19FN2O2. The van der Waals surface area contributed by atoms with Gasteiger partial charge in [0.15, 0.2) is 0 Å². The molecule has 0 aliphatic carbocycles. The van der Waals surface area contributed by atoms with Gasteiger partial charge in [-0.3, -0.25) is 4.99 Å². The Bertz CT molecular complexity index is 1190. The summed E-state index contributed by atoms with van der Waals surface area (Å²) >= 11 is 0. The summed E-state index contributed by atoms with van der Waals surface area (Å²) in [7, 11) is 1.36. The smallest absolute Gasteiger partial charge is 0.337 e. The lowest BCUT2D eigenvalue weighted by Crippen LogP contribution is -1.99. The summed E-state index contributed by atoms with van der Waals surface area (Å²) in [6.07, 6.45) is 3.79. The monoisotopic (exact) mass is 386 g/mol. The Morgan fingerprint density at radius 2 is 1.90 bits per heavy atom. The fourth-order valence-corrected chi connectivity index (χ4v) is 3.22. The van der Waals surface area contributed by atoms with Crippen LogP contribution < -0.4 is 0 Å². The van der Waals surface area contributed by atoms with Crippen molar-refractivity contribution >= 4 is 28.8 Å². The number of nitrogens with zero attached hydrogens (tertiary/aromatic N) is 2. The number of hydrogen-bond acceptors (Lipinski definition) is 3. The van der Waals surface area contributed by atoms with Gasteiger partial charge in [-0.1, -0.05) is 18.2 Å². The summed E-state index contributed by atoms with van der Waals surface area (Å²) in [5.74, 6) is -0.592. The van der Waals surface area contributed by atoms with E-state index in [0.29, 0.717) is 12.1 Å². The zero-order valence-electron chi connectivity index (χ0n) is 15.9. The van der Waals surface area contributed by atoms with Crippen molar-refractivity contribution in [2.24, 2.45) is 4.99 Å². The number of hydrogen-bond donors (Lipinski definition) is 0. The van der Waals surface area contributed by atoms with Crippen molar-refractivity contribution in [3.05, 3.63) is 102 Å². The van der Waals surface area contributed by atoms with Gasteiger partial charge >= 0.3 is 5.97 Å². The second kappa shape index (κ2) is 8.10. The lowest BCUT2D eigenvalue weighted by molar-refractivity contribution is 0.0601. The molecule has 5 heteroatoms. The van der Waals surface area contributed by atoms with Gasteiger partial charge in [-0.2, -0.15) is 0 Å². The summed E-state index contributed by atoms with van der Waals surface area (Å²) in [6, 6.07) is 21.7. The molecule has 0 aliphatic rings. The number of esters is 1. The molecule has 0 saturated carbocycles. The summed E-state index contributed by atoms with van der Waals surface area (Å²) in [5.41, 5.74) is 4.21. The lowest BCUT2D eigenvalue weighted by Gasteiger charge is -2.06. The Balaban J connectivity index is 1.52. The SMILES string of the molecule is COC(=O)c1ccc(N=Cc2ccc3c(ccn3Cc3cccc(F)c3)c2)cc1. The number of methoxy groups -OCH3 is 1. The summed E-state index contributed by atoms with van der Waals surface area (Å²) < 4.78 is 20.2. The van der Waals surface area contributed by atoms with Gasteiger partial charge in [-0.25, -0.2) is 9.18 Å². The van der Waals surface area contributed by atoms with Crippen molar-refractivity contribution in [1.82, 2.24) is 4.57 Å². The molecule has 4 rings (SSSR count). The summed E-state index contributed by atoms with van der Waals surface area (Å²) in [5, 5.41) is 1.09. The predicted molar refractivity (Wildman–Crippen MR) is 112 cm³/mol. The first-order chi connectivity index (χ1) is 14.1. The maximum absolute atomic E-state index is 13.4. The number of benzene rings is 3. The van der Waals surface area contributed by atoms with E-state index in [9.17, 15) is 9.18 Å². The molecule has 0 fully saturated rings. The van der Waals surface area contributed by atoms with Crippen molar-refractivity contribution in [3.63, 3.8) is 0 Å². The van der Waals surface area contributed by atoms with Gasteiger partial charge in [0, 0.05) is 29.9 Å². The van der Waals surface area contributed by atoms with Gasteiger partial charge in [0.05, 0.1) is 18.4 Å². The number of carbonyl (C=O) groups excluding carboxylic acids is 1. The van der Waals surface area contributed by atoms with E-state index in [2.05, 4.69) is 15.6 Å². The molecular weight excluding hydrogens is 367 g/mol. The molecule has 3 aromatic carbocycles. The van der Waals surface area contributed by atoms with Gasteiger partial charge in [0.25, 0.3) is 0 Å².